The van der Waals surface area contributed by atoms with Crippen LogP contribution in [0.2, 0.25) is 0 Å². The molecule has 7 heteroatoms. The maximum absolute atomic E-state index is 11.8. The molecule has 124 valence electrons. The first-order valence-electron chi connectivity index (χ1n) is 7.11. The zero-order valence-corrected chi connectivity index (χ0v) is 12.9. The molecule has 0 radical (unpaired) electrons. The molecule has 0 amide bonds. The lowest BCUT2D eigenvalue weighted by molar-refractivity contribution is -0.385. The number of nitro groups is 1. The Morgan fingerprint density at radius 3 is 2.58 bits per heavy atom. The number of nitrogens with zero attached hydrogens (tertiary/aromatic N) is 1. The number of aldehydes is 1. The van der Waals surface area contributed by atoms with E-state index in [1.807, 2.05) is 0 Å². The summed E-state index contributed by atoms with van der Waals surface area (Å²) >= 11 is 0. The summed E-state index contributed by atoms with van der Waals surface area (Å²) < 4.78 is 10.5. The van der Waals surface area contributed by atoms with E-state index >= 15 is 0 Å². The van der Waals surface area contributed by atoms with Gasteiger partial charge in [-0.15, -0.1) is 0 Å². The highest BCUT2D eigenvalue weighted by molar-refractivity contribution is 5.75. The predicted octanol–water partition coefficient (Wildman–Crippen LogP) is 3.09. The first-order chi connectivity index (χ1) is 11.5. The van der Waals surface area contributed by atoms with Crippen LogP contribution >= 0.6 is 0 Å². The number of hydrogen-bond acceptors (Lipinski definition) is 6. The lowest BCUT2D eigenvalue weighted by Crippen LogP contribution is -2.17. The molecule has 7 nitrogen and oxygen atoms in total. The van der Waals surface area contributed by atoms with E-state index in [0.717, 1.165) is 0 Å². The molecule has 24 heavy (non-hydrogen) atoms. The largest absolute Gasteiger partial charge is 0.482 e. The van der Waals surface area contributed by atoms with Crippen LogP contribution in [0.1, 0.15) is 28.9 Å². The third-order valence-corrected chi connectivity index (χ3v) is 3.23. The molecule has 0 fully saturated rings. The van der Waals surface area contributed by atoms with Gasteiger partial charge in [0.15, 0.2) is 6.61 Å². The molecule has 0 spiro atoms. The number of nitro benzene ring substituents is 1. The van der Waals surface area contributed by atoms with E-state index in [0.29, 0.717) is 23.2 Å². The highest BCUT2D eigenvalue weighted by Gasteiger charge is 2.15. The monoisotopic (exact) mass is 329 g/mol. The highest BCUT2D eigenvalue weighted by Crippen LogP contribution is 2.22. The molecule has 0 aliphatic carbocycles. The Morgan fingerprint density at radius 1 is 1.25 bits per heavy atom. The number of ether oxygens (including phenoxy) is 2. The van der Waals surface area contributed by atoms with Crippen LogP contribution in [0.5, 0.6) is 5.75 Å². The van der Waals surface area contributed by atoms with E-state index in [9.17, 15) is 19.7 Å². The van der Waals surface area contributed by atoms with Crippen molar-refractivity contribution in [2.24, 2.45) is 0 Å². The van der Waals surface area contributed by atoms with Crippen molar-refractivity contribution in [2.45, 2.75) is 13.0 Å². The van der Waals surface area contributed by atoms with E-state index in [4.69, 9.17) is 9.47 Å². The van der Waals surface area contributed by atoms with E-state index in [-0.39, 0.29) is 12.3 Å². The molecule has 0 bridgehead atoms. The molecule has 2 aromatic carbocycles. The van der Waals surface area contributed by atoms with E-state index < -0.39 is 17.0 Å². The molecular weight excluding hydrogens is 314 g/mol. The summed E-state index contributed by atoms with van der Waals surface area (Å²) in [6.07, 6.45) is 0.0668. The van der Waals surface area contributed by atoms with Crippen LogP contribution in [0.15, 0.2) is 48.5 Å². The molecule has 0 aromatic heterocycles. The summed E-state index contributed by atoms with van der Waals surface area (Å²) in [6.45, 7) is 1.32. The summed E-state index contributed by atoms with van der Waals surface area (Å²) in [5.41, 5.74) is 0.957. The predicted molar refractivity (Wildman–Crippen MR) is 84.9 cm³/mol. The Labute approximate surface area is 138 Å². The fourth-order valence-corrected chi connectivity index (χ4v) is 1.98. The van der Waals surface area contributed by atoms with Crippen molar-refractivity contribution in [3.8, 4) is 5.75 Å². The van der Waals surface area contributed by atoms with Crippen LogP contribution in [0, 0.1) is 10.1 Å². The molecule has 0 saturated heterocycles. The third kappa shape index (κ3) is 4.64. The fourth-order valence-electron chi connectivity index (χ4n) is 1.98. The van der Waals surface area contributed by atoms with Crippen LogP contribution < -0.4 is 4.74 Å². The minimum absolute atomic E-state index is 0.0677. The summed E-state index contributed by atoms with van der Waals surface area (Å²) in [5.74, 6) is -0.172. The van der Waals surface area contributed by atoms with Gasteiger partial charge in [0.05, 0.1) is 4.92 Å². The molecule has 0 aliphatic heterocycles. The molecule has 0 N–H and O–H groups in total. The number of rotatable bonds is 7. The molecule has 0 saturated carbocycles. The van der Waals surface area contributed by atoms with Crippen molar-refractivity contribution in [1.29, 1.82) is 0 Å². The summed E-state index contributed by atoms with van der Waals surface area (Å²) in [6, 6.07) is 12.2. The number of carbonyl (C=O) groups excluding carboxylic acids is 2. The van der Waals surface area contributed by atoms with Crippen LogP contribution in [0.25, 0.3) is 0 Å². The average Bonchev–Trinajstić information content (AvgIpc) is 2.60. The van der Waals surface area contributed by atoms with Gasteiger partial charge in [-0.2, -0.15) is 0 Å². The normalized spacial score (nSPS) is 11.4. The molecule has 2 aromatic rings. The quantitative estimate of drug-likeness (QED) is 0.335. The van der Waals surface area contributed by atoms with Gasteiger partial charge in [0.2, 0.25) is 0 Å². The van der Waals surface area contributed by atoms with Crippen molar-refractivity contribution in [1.82, 2.24) is 0 Å². The number of hydrogen-bond donors (Lipinski definition) is 0. The number of benzene rings is 2. The molecule has 0 unspecified atom stereocenters. The lowest BCUT2D eigenvalue weighted by atomic mass is 10.1. The first kappa shape index (κ1) is 17.1. The topological polar surface area (TPSA) is 95.7 Å². The van der Waals surface area contributed by atoms with Crippen molar-refractivity contribution in [3.63, 3.8) is 0 Å². The fraction of sp³-hybridized carbons (Fsp3) is 0.176. The number of non-ortho nitro benzene ring substituents is 1. The van der Waals surface area contributed by atoms with Gasteiger partial charge in [0, 0.05) is 17.7 Å². The van der Waals surface area contributed by atoms with E-state index in [1.165, 1.54) is 18.2 Å². The Hall–Kier alpha value is -3.22. The standard InChI is InChI=1S/C17H15NO6/c1-12(14-3-2-4-15(9-14)18(21)22)24-17(20)11-23-16-7-5-13(10-19)6-8-16/h2-10,12H,11H2,1H3/t12-/m1/s1. The van der Waals surface area contributed by atoms with Crippen LogP contribution in [0.3, 0.4) is 0 Å². The third-order valence-electron chi connectivity index (χ3n) is 3.23. The Balaban J connectivity index is 1.90. The molecular formula is C17H15NO6. The molecule has 0 heterocycles. The second-order valence-corrected chi connectivity index (χ2v) is 4.96. The van der Waals surface area contributed by atoms with Gasteiger partial charge in [0.1, 0.15) is 18.1 Å². The van der Waals surface area contributed by atoms with Crippen molar-refractivity contribution >= 4 is 17.9 Å². The molecule has 1 atom stereocenters. The Morgan fingerprint density at radius 2 is 1.96 bits per heavy atom. The van der Waals surface area contributed by atoms with Crippen molar-refractivity contribution < 1.29 is 24.0 Å². The second kappa shape index (κ2) is 7.87. The van der Waals surface area contributed by atoms with Gasteiger partial charge in [0.25, 0.3) is 5.69 Å². The Kier molecular flexibility index (Phi) is 5.62. The van der Waals surface area contributed by atoms with Crippen LogP contribution in [-0.4, -0.2) is 23.8 Å². The SMILES string of the molecule is C[C@@H](OC(=O)COc1ccc(C=O)cc1)c1cccc([N+](=O)[O-])c1. The molecule has 2 rings (SSSR count). The van der Waals surface area contributed by atoms with Gasteiger partial charge in [-0.05, 0) is 36.8 Å². The Bertz CT molecular complexity index is 741. The zero-order chi connectivity index (χ0) is 17.5. The van der Waals surface area contributed by atoms with Gasteiger partial charge in [-0.1, -0.05) is 12.1 Å². The zero-order valence-electron chi connectivity index (χ0n) is 12.9. The van der Waals surface area contributed by atoms with Gasteiger partial charge in [-0.3, -0.25) is 14.9 Å². The van der Waals surface area contributed by atoms with E-state index in [1.54, 1.807) is 37.3 Å². The molecule has 0 aliphatic rings. The first-order valence-corrected chi connectivity index (χ1v) is 7.11. The minimum atomic E-state index is -0.640. The highest BCUT2D eigenvalue weighted by atomic mass is 16.6. The number of esters is 1. The van der Waals surface area contributed by atoms with Gasteiger partial charge >= 0.3 is 5.97 Å². The minimum Gasteiger partial charge on any atom is -0.482 e. The summed E-state index contributed by atoms with van der Waals surface area (Å²) in [4.78, 5) is 32.6. The van der Waals surface area contributed by atoms with Gasteiger partial charge in [-0.25, -0.2) is 4.79 Å². The van der Waals surface area contributed by atoms with E-state index in [2.05, 4.69) is 0 Å². The second-order valence-electron chi connectivity index (χ2n) is 4.96. The summed E-state index contributed by atoms with van der Waals surface area (Å²) in [5, 5.41) is 10.8. The van der Waals surface area contributed by atoms with Crippen LogP contribution in [0.4, 0.5) is 5.69 Å². The maximum atomic E-state index is 11.8. The number of carbonyl (C=O) groups is 2. The van der Waals surface area contributed by atoms with Crippen molar-refractivity contribution in [2.75, 3.05) is 6.61 Å². The van der Waals surface area contributed by atoms with Gasteiger partial charge < -0.3 is 9.47 Å². The maximum Gasteiger partial charge on any atom is 0.344 e. The van der Waals surface area contributed by atoms with Crippen LogP contribution in [-0.2, 0) is 9.53 Å². The lowest BCUT2D eigenvalue weighted by Gasteiger charge is -2.14. The average molecular weight is 329 g/mol. The smallest absolute Gasteiger partial charge is 0.344 e. The summed E-state index contributed by atoms with van der Waals surface area (Å²) in [7, 11) is 0. The van der Waals surface area contributed by atoms with Crippen molar-refractivity contribution in [3.05, 3.63) is 69.8 Å².